The van der Waals surface area contributed by atoms with Gasteiger partial charge in [0.05, 0.1) is 18.1 Å². The standard InChI is InChI=1S/C23H20ClN5O5/c24-16-4-5-20(29(32)33)19(13-16)23(31)27-18-3-1-2-17(14-18)26-22(30)15-6-7-25-21(12-15)28-8-10-34-11-9-28/h1-7,12-14H,8-11H2,(H,26,30)(H,27,31). The highest BCUT2D eigenvalue weighted by Crippen LogP contribution is 2.25. The number of hydrogen-bond acceptors (Lipinski definition) is 7. The Labute approximate surface area is 199 Å². The van der Waals surface area contributed by atoms with Gasteiger partial charge in [0.1, 0.15) is 11.4 Å². The number of nitrogens with zero attached hydrogens (tertiary/aromatic N) is 3. The molecule has 1 fully saturated rings. The number of nitro benzene ring substituents is 1. The van der Waals surface area contributed by atoms with Crippen molar-refractivity contribution in [1.82, 2.24) is 4.98 Å². The monoisotopic (exact) mass is 481 g/mol. The highest BCUT2D eigenvalue weighted by Gasteiger charge is 2.21. The summed E-state index contributed by atoms with van der Waals surface area (Å²) in [5.74, 6) is -0.340. The first-order valence-electron chi connectivity index (χ1n) is 10.4. The Hall–Kier alpha value is -4.02. The first kappa shape index (κ1) is 23.1. The SMILES string of the molecule is O=C(Nc1cccc(NC(=O)c2cc(Cl)ccc2[N+](=O)[O-])c1)c1ccnc(N2CCOCC2)c1. The quantitative estimate of drug-likeness (QED) is 0.402. The van der Waals surface area contributed by atoms with Crippen molar-refractivity contribution in [1.29, 1.82) is 0 Å². The normalized spacial score (nSPS) is 13.3. The average molecular weight is 482 g/mol. The lowest BCUT2D eigenvalue weighted by molar-refractivity contribution is -0.385. The summed E-state index contributed by atoms with van der Waals surface area (Å²) in [6.07, 6.45) is 1.58. The molecule has 2 amide bonds. The first-order chi connectivity index (χ1) is 16.4. The van der Waals surface area contributed by atoms with E-state index < -0.39 is 10.8 Å². The number of nitrogens with one attached hydrogen (secondary N) is 2. The van der Waals surface area contributed by atoms with E-state index in [4.69, 9.17) is 16.3 Å². The van der Waals surface area contributed by atoms with E-state index in [-0.39, 0.29) is 22.2 Å². The zero-order chi connectivity index (χ0) is 24.1. The van der Waals surface area contributed by atoms with Crippen LogP contribution in [0.3, 0.4) is 0 Å². The zero-order valence-corrected chi connectivity index (χ0v) is 18.6. The summed E-state index contributed by atoms with van der Waals surface area (Å²) in [6, 6.07) is 13.5. The number of carbonyl (C=O) groups is 2. The van der Waals surface area contributed by atoms with Gasteiger partial charge >= 0.3 is 0 Å². The number of benzene rings is 2. The molecule has 3 aromatic rings. The van der Waals surface area contributed by atoms with Crippen molar-refractivity contribution in [2.24, 2.45) is 0 Å². The lowest BCUT2D eigenvalue weighted by Crippen LogP contribution is -2.36. The van der Waals surface area contributed by atoms with Crippen LogP contribution in [0.25, 0.3) is 0 Å². The number of pyridine rings is 1. The Morgan fingerprint density at radius 3 is 2.41 bits per heavy atom. The van der Waals surface area contributed by atoms with Crippen molar-refractivity contribution in [3.63, 3.8) is 0 Å². The van der Waals surface area contributed by atoms with Crippen molar-refractivity contribution in [3.05, 3.63) is 87.1 Å². The fourth-order valence-electron chi connectivity index (χ4n) is 3.45. The number of rotatable bonds is 6. The summed E-state index contributed by atoms with van der Waals surface area (Å²) in [6.45, 7) is 2.61. The smallest absolute Gasteiger partial charge is 0.282 e. The van der Waals surface area contributed by atoms with Gasteiger partial charge in [0.25, 0.3) is 17.5 Å². The summed E-state index contributed by atoms with van der Waals surface area (Å²) in [5.41, 5.74) is 0.689. The molecule has 34 heavy (non-hydrogen) atoms. The molecule has 1 aromatic heterocycles. The van der Waals surface area contributed by atoms with Crippen LogP contribution in [0.1, 0.15) is 20.7 Å². The average Bonchev–Trinajstić information content (AvgIpc) is 2.84. The minimum atomic E-state index is -0.693. The minimum absolute atomic E-state index is 0.167. The molecule has 0 saturated carbocycles. The molecule has 1 saturated heterocycles. The van der Waals surface area contributed by atoms with Gasteiger partial charge in [-0.25, -0.2) is 4.98 Å². The number of morpholine rings is 1. The van der Waals surface area contributed by atoms with Gasteiger partial charge in [-0.2, -0.15) is 0 Å². The molecule has 0 unspecified atom stereocenters. The summed E-state index contributed by atoms with van der Waals surface area (Å²) in [7, 11) is 0. The minimum Gasteiger partial charge on any atom is -0.378 e. The van der Waals surface area contributed by atoms with Crippen LogP contribution in [-0.2, 0) is 4.74 Å². The van der Waals surface area contributed by atoms with Gasteiger partial charge in [-0.1, -0.05) is 17.7 Å². The second-order valence-corrected chi connectivity index (χ2v) is 7.85. The van der Waals surface area contributed by atoms with Crippen molar-refractivity contribution >= 4 is 46.3 Å². The Balaban J connectivity index is 1.47. The molecule has 0 spiro atoms. The van der Waals surface area contributed by atoms with Crippen LogP contribution in [0.15, 0.2) is 60.8 Å². The second kappa shape index (κ2) is 10.3. The maximum absolute atomic E-state index is 12.8. The van der Waals surface area contributed by atoms with Gasteiger partial charge in [0.15, 0.2) is 0 Å². The van der Waals surface area contributed by atoms with E-state index >= 15 is 0 Å². The third-order valence-electron chi connectivity index (χ3n) is 5.12. The molecule has 10 nitrogen and oxygen atoms in total. The van der Waals surface area contributed by atoms with Crippen LogP contribution in [-0.4, -0.2) is 48.0 Å². The molecular weight excluding hydrogens is 462 g/mol. The van der Waals surface area contributed by atoms with Crippen LogP contribution < -0.4 is 15.5 Å². The predicted molar refractivity (Wildman–Crippen MR) is 128 cm³/mol. The van der Waals surface area contributed by atoms with Crippen LogP contribution in [0.5, 0.6) is 0 Å². The van der Waals surface area contributed by atoms with E-state index in [1.807, 2.05) is 4.90 Å². The zero-order valence-electron chi connectivity index (χ0n) is 17.9. The van der Waals surface area contributed by atoms with Crippen molar-refractivity contribution in [3.8, 4) is 0 Å². The van der Waals surface area contributed by atoms with E-state index in [1.165, 1.54) is 18.2 Å². The highest BCUT2D eigenvalue weighted by molar-refractivity contribution is 6.31. The first-order valence-corrected chi connectivity index (χ1v) is 10.7. The maximum atomic E-state index is 12.8. The van der Waals surface area contributed by atoms with Crippen LogP contribution in [0.2, 0.25) is 5.02 Å². The molecule has 2 N–H and O–H groups in total. The summed E-state index contributed by atoms with van der Waals surface area (Å²) < 4.78 is 5.35. The molecule has 4 rings (SSSR count). The van der Waals surface area contributed by atoms with E-state index in [0.29, 0.717) is 49.1 Å². The van der Waals surface area contributed by atoms with Gasteiger partial charge in [-0.3, -0.25) is 19.7 Å². The Morgan fingerprint density at radius 2 is 1.71 bits per heavy atom. The van der Waals surface area contributed by atoms with E-state index in [0.717, 1.165) is 0 Å². The van der Waals surface area contributed by atoms with Crippen molar-refractivity contribution < 1.29 is 19.2 Å². The van der Waals surface area contributed by atoms with Crippen molar-refractivity contribution in [2.45, 2.75) is 0 Å². The third kappa shape index (κ3) is 5.48. The van der Waals surface area contributed by atoms with Gasteiger partial charge in [-0.15, -0.1) is 0 Å². The highest BCUT2D eigenvalue weighted by atomic mass is 35.5. The molecule has 174 valence electrons. The molecule has 1 aliphatic heterocycles. The predicted octanol–water partition coefficient (Wildman–Crippen LogP) is 3.98. The van der Waals surface area contributed by atoms with Gasteiger partial charge in [0.2, 0.25) is 0 Å². The Kier molecular flexibility index (Phi) is 7.00. The van der Waals surface area contributed by atoms with Gasteiger partial charge in [-0.05, 0) is 42.5 Å². The number of carbonyl (C=O) groups excluding carboxylic acids is 2. The fraction of sp³-hybridized carbons (Fsp3) is 0.174. The largest absolute Gasteiger partial charge is 0.378 e. The lowest BCUT2D eigenvalue weighted by Gasteiger charge is -2.27. The fourth-order valence-corrected chi connectivity index (χ4v) is 3.62. The summed E-state index contributed by atoms with van der Waals surface area (Å²) in [4.78, 5) is 42.4. The molecule has 0 radical (unpaired) electrons. The molecule has 0 aliphatic carbocycles. The van der Waals surface area contributed by atoms with E-state index in [2.05, 4.69) is 15.6 Å². The molecule has 2 aromatic carbocycles. The number of halogens is 1. The summed E-state index contributed by atoms with van der Waals surface area (Å²) >= 11 is 5.91. The number of aromatic nitrogens is 1. The number of nitro groups is 1. The van der Waals surface area contributed by atoms with Crippen molar-refractivity contribution in [2.75, 3.05) is 41.8 Å². The Bertz CT molecular complexity index is 1250. The number of hydrogen-bond donors (Lipinski definition) is 2. The van der Waals surface area contributed by atoms with E-state index in [1.54, 1.807) is 42.6 Å². The number of ether oxygens (including phenoxy) is 1. The second-order valence-electron chi connectivity index (χ2n) is 7.41. The molecule has 2 heterocycles. The lowest BCUT2D eigenvalue weighted by atomic mass is 10.1. The summed E-state index contributed by atoms with van der Waals surface area (Å²) in [5, 5.41) is 16.8. The molecule has 0 bridgehead atoms. The maximum Gasteiger partial charge on any atom is 0.282 e. The number of amides is 2. The topological polar surface area (TPSA) is 127 Å². The third-order valence-corrected chi connectivity index (χ3v) is 5.36. The molecule has 1 aliphatic rings. The van der Waals surface area contributed by atoms with Gasteiger partial charge < -0.3 is 20.3 Å². The van der Waals surface area contributed by atoms with Gasteiger partial charge in [0, 0.05) is 47.3 Å². The molecule has 0 atom stereocenters. The number of anilines is 3. The molecule has 11 heteroatoms. The molecular formula is C23H20ClN5O5. The van der Waals surface area contributed by atoms with Crippen LogP contribution in [0, 0.1) is 10.1 Å². The van der Waals surface area contributed by atoms with Crippen LogP contribution >= 0.6 is 11.6 Å². The van der Waals surface area contributed by atoms with E-state index in [9.17, 15) is 19.7 Å². The Morgan fingerprint density at radius 1 is 1.00 bits per heavy atom. The van der Waals surface area contributed by atoms with Crippen LogP contribution in [0.4, 0.5) is 22.9 Å².